The number of hydrogen-bond acceptors (Lipinski definition) is 7. The topological polar surface area (TPSA) is 125 Å². The van der Waals surface area contributed by atoms with E-state index in [-0.39, 0.29) is 24.0 Å². The first-order valence-corrected chi connectivity index (χ1v) is 9.80. The number of piperidine rings is 1. The van der Waals surface area contributed by atoms with E-state index in [9.17, 15) is 24.0 Å². The average molecular weight is 419 g/mol. The second kappa shape index (κ2) is 8.39. The maximum atomic E-state index is 13.0. The van der Waals surface area contributed by atoms with E-state index in [4.69, 9.17) is 0 Å². The number of imide groups is 2. The third-order valence-corrected chi connectivity index (χ3v) is 5.26. The van der Waals surface area contributed by atoms with Crippen LogP contribution < -0.4 is 16.0 Å². The molecule has 1 radical (unpaired) electrons. The third kappa shape index (κ3) is 3.77. The Hall–Kier alpha value is -4.01. The van der Waals surface area contributed by atoms with E-state index < -0.39 is 29.7 Å². The molecule has 1 saturated heterocycles. The summed E-state index contributed by atoms with van der Waals surface area (Å²) in [5.74, 6) is -2.17. The van der Waals surface area contributed by atoms with Crippen LogP contribution in [-0.4, -0.2) is 53.9 Å². The third-order valence-electron chi connectivity index (χ3n) is 5.26. The van der Waals surface area contributed by atoms with E-state index >= 15 is 0 Å². The Morgan fingerprint density at radius 2 is 1.65 bits per heavy atom. The number of carbonyl (C=O) groups excluding carboxylic acids is 5. The summed E-state index contributed by atoms with van der Waals surface area (Å²) in [4.78, 5) is 61.4. The molecule has 1 fully saturated rings. The average Bonchev–Trinajstić information content (AvgIpc) is 3.02. The first-order valence-electron chi connectivity index (χ1n) is 9.80. The molecule has 2 aromatic carbocycles. The van der Waals surface area contributed by atoms with Gasteiger partial charge in [0.25, 0.3) is 11.8 Å². The predicted molar refractivity (Wildman–Crippen MR) is 111 cm³/mol. The summed E-state index contributed by atoms with van der Waals surface area (Å²) in [5.41, 5.74) is 1.96. The largest absolute Gasteiger partial charge is 0.383 e. The molecule has 0 spiro atoms. The lowest BCUT2D eigenvalue weighted by Gasteiger charge is -2.27. The van der Waals surface area contributed by atoms with Crippen LogP contribution in [0.15, 0.2) is 42.5 Å². The van der Waals surface area contributed by atoms with E-state index in [1.807, 2.05) is 6.29 Å². The number of benzene rings is 2. The summed E-state index contributed by atoms with van der Waals surface area (Å²) in [6.07, 6.45) is 2.04. The van der Waals surface area contributed by atoms with Crippen molar-refractivity contribution in [3.63, 3.8) is 0 Å². The number of amides is 4. The molecule has 2 aliphatic rings. The fourth-order valence-electron chi connectivity index (χ4n) is 3.78. The normalized spacial score (nSPS) is 17.9. The molecule has 2 aliphatic heterocycles. The summed E-state index contributed by atoms with van der Waals surface area (Å²) in [7, 11) is 0. The van der Waals surface area contributed by atoms with Crippen LogP contribution in [0.4, 0.5) is 11.4 Å². The second-order valence-corrected chi connectivity index (χ2v) is 7.18. The van der Waals surface area contributed by atoms with Crippen molar-refractivity contribution in [3.05, 3.63) is 59.2 Å². The van der Waals surface area contributed by atoms with E-state index in [0.717, 1.165) is 4.90 Å². The van der Waals surface area contributed by atoms with Gasteiger partial charge in [0.15, 0.2) is 0 Å². The molecular formula is C22H19N4O5. The highest BCUT2D eigenvalue weighted by atomic mass is 16.2. The first kappa shape index (κ1) is 20.3. The van der Waals surface area contributed by atoms with Gasteiger partial charge < -0.3 is 10.6 Å². The molecule has 0 bridgehead atoms. The maximum Gasteiger partial charge on any atom is 0.264 e. The van der Waals surface area contributed by atoms with Crippen molar-refractivity contribution < 1.29 is 24.0 Å². The molecule has 2 aromatic rings. The second-order valence-electron chi connectivity index (χ2n) is 7.18. The Kier molecular flexibility index (Phi) is 5.48. The van der Waals surface area contributed by atoms with Crippen LogP contribution >= 0.6 is 0 Å². The van der Waals surface area contributed by atoms with Crippen molar-refractivity contribution in [2.24, 2.45) is 0 Å². The lowest BCUT2D eigenvalue weighted by atomic mass is 10.0. The molecule has 1 atom stereocenters. The number of anilines is 2. The van der Waals surface area contributed by atoms with Gasteiger partial charge in [-0.25, -0.2) is 0 Å². The van der Waals surface area contributed by atoms with Gasteiger partial charge >= 0.3 is 0 Å². The molecule has 1 unspecified atom stereocenters. The van der Waals surface area contributed by atoms with Crippen LogP contribution in [0.5, 0.6) is 0 Å². The van der Waals surface area contributed by atoms with Crippen LogP contribution in [0.1, 0.15) is 39.1 Å². The fraction of sp³-hybridized carbons (Fsp3) is 0.227. The smallest absolute Gasteiger partial charge is 0.264 e. The van der Waals surface area contributed by atoms with Gasteiger partial charge in [0.05, 0.1) is 11.1 Å². The van der Waals surface area contributed by atoms with Gasteiger partial charge in [0, 0.05) is 36.4 Å². The number of para-hydroxylation sites is 1. The number of hydrogen-bond donors (Lipinski definition) is 3. The van der Waals surface area contributed by atoms with E-state index in [1.54, 1.807) is 42.5 Å². The van der Waals surface area contributed by atoms with Crippen molar-refractivity contribution >= 4 is 41.3 Å². The molecule has 9 nitrogen and oxygen atoms in total. The van der Waals surface area contributed by atoms with Crippen molar-refractivity contribution in [1.82, 2.24) is 10.2 Å². The number of rotatable bonds is 7. The Labute approximate surface area is 177 Å². The minimum atomic E-state index is -1.00. The zero-order chi connectivity index (χ0) is 22.0. The molecule has 31 heavy (non-hydrogen) atoms. The Bertz CT molecular complexity index is 1100. The summed E-state index contributed by atoms with van der Waals surface area (Å²) in [6.45, 7) is 0.852. The molecule has 2 heterocycles. The molecule has 157 valence electrons. The Morgan fingerprint density at radius 1 is 0.935 bits per heavy atom. The zero-order valence-electron chi connectivity index (χ0n) is 16.4. The van der Waals surface area contributed by atoms with Crippen LogP contribution in [0.25, 0.3) is 0 Å². The number of fused-ring (bicyclic) bond motifs is 1. The fourth-order valence-corrected chi connectivity index (χ4v) is 3.78. The molecule has 4 amide bonds. The van der Waals surface area contributed by atoms with Crippen LogP contribution in [0.2, 0.25) is 0 Å². The molecule has 4 rings (SSSR count). The van der Waals surface area contributed by atoms with E-state index in [0.29, 0.717) is 30.0 Å². The SMILES string of the molecule is O=[C]c1ccccc1NCCNc1cccc2c1C(=O)N(C1CCC(=O)NC1=O)C2=O. The predicted octanol–water partition coefficient (Wildman–Crippen LogP) is 1.07. The lowest BCUT2D eigenvalue weighted by Crippen LogP contribution is -2.54. The standard InChI is InChI=1S/C22H19N4O5/c27-12-13-4-1-2-6-15(13)23-10-11-24-16-7-3-5-14-19(16)22(31)26(21(14)30)17-8-9-18(28)25-20(17)29/h1-7,17,23-24H,8-11H2,(H,25,28,29). The van der Waals surface area contributed by atoms with Crippen LogP contribution in [-0.2, 0) is 14.4 Å². The summed E-state index contributed by atoms with van der Waals surface area (Å²) in [6, 6.07) is 10.8. The summed E-state index contributed by atoms with van der Waals surface area (Å²) in [5, 5.41) is 8.43. The highest BCUT2D eigenvalue weighted by Crippen LogP contribution is 2.32. The molecule has 3 N–H and O–H groups in total. The van der Waals surface area contributed by atoms with Crippen LogP contribution in [0, 0.1) is 0 Å². The van der Waals surface area contributed by atoms with Gasteiger partial charge in [-0.3, -0.25) is 34.2 Å². The molecular weight excluding hydrogens is 400 g/mol. The maximum absolute atomic E-state index is 13.0. The number of nitrogens with zero attached hydrogens (tertiary/aromatic N) is 1. The van der Waals surface area contributed by atoms with E-state index in [1.165, 1.54) is 0 Å². The minimum Gasteiger partial charge on any atom is -0.383 e. The molecule has 9 heteroatoms. The molecule has 0 aliphatic carbocycles. The summed E-state index contributed by atoms with van der Waals surface area (Å²) >= 11 is 0. The van der Waals surface area contributed by atoms with Crippen molar-refractivity contribution in [2.75, 3.05) is 23.7 Å². The highest BCUT2D eigenvalue weighted by molar-refractivity contribution is 6.25. The minimum absolute atomic E-state index is 0.0697. The molecule has 0 aromatic heterocycles. The van der Waals surface area contributed by atoms with Gasteiger partial charge in [-0.05, 0) is 30.7 Å². The lowest BCUT2D eigenvalue weighted by molar-refractivity contribution is -0.136. The quantitative estimate of drug-likeness (QED) is 0.453. The highest BCUT2D eigenvalue weighted by Gasteiger charge is 2.45. The van der Waals surface area contributed by atoms with Crippen molar-refractivity contribution in [3.8, 4) is 0 Å². The van der Waals surface area contributed by atoms with Crippen LogP contribution in [0.3, 0.4) is 0 Å². The van der Waals surface area contributed by atoms with Crippen molar-refractivity contribution in [1.29, 1.82) is 0 Å². The first-order chi connectivity index (χ1) is 15.0. The number of nitrogens with one attached hydrogen (secondary N) is 3. The zero-order valence-corrected chi connectivity index (χ0v) is 16.4. The number of carbonyl (C=O) groups is 4. The van der Waals surface area contributed by atoms with Gasteiger partial charge in [-0.15, -0.1) is 0 Å². The monoisotopic (exact) mass is 419 g/mol. The van der Waals surface area contributed by atoms with Gasteiger partial charge in [0.2, 0.25) is 18.1 Å². The van der Waals surface area contributed by atoms with E-state index in [2.05, 4.69) is 16.0 Å². The Balaban J connectivity index is 1.46. The Morgan fingerprint density at radius 3 is 2.39 bits per heavy atom. The van der Waals surface area contributed by atoms with Crippen molar-refractivity contribution in [2.45, 2.75) is 18.9 Å². The summed E-state index contributed by atoms with van der Waals surface area (Å²) < 4.78 is 0. The molecule has 0 saturated carbocycles. The van der Waals surface area contributed by atoms with Gasteiger partial charge in [-0.1, -0.05) is 18.2 Å². The van der Waals surface area contributed by atoms with Gasteiger partial charge in [0.1, 0.15) is 6.04 Å². The van der Waals surface area contributed by atoms with Gasteiger partial charge in [-0.2, -0.15) is 0 Å².